The van der Waals surface area contributed by atoms with Crippen LogP contribution in [0.1, 0.15) is 34.8 Å². The number of nitroso groups, excluding NO2 is 1. The number of ether oxygens (including phenoxy) is 4. The fraction of sp³-hybridized carbons (Fsp3) is 0.188. The van der Waals surface area contributed by atoms with E-state index in [1.165, 1.54) is 18.2 Å². The summed E-state index contributed by atoms with van der Waals surface area (Å²) < 4.78 is 22.5. The van der Waals surface area contributed by atoms with Crippen molar-refractivity contribution in [2.45, 2.75) is 26.6 Å². The molecule has 0 aromatic heterocycles. The van der Waals surface area contributed by atoms with Crippen molar-refractivity contribution in [1.29, 1.82) is 0 Å². The Morgan fingerprint density at radius 2 is 1.72 bits per heavy atom. The average molecular weight is 623 g/mol. The van der Waals surface area contributed by atoms with Crippen molar-refractivity contribution in [3.63, 3.8) is 0 Å². The Kier molecular flexibility index (Phi) is 11.0. The summed E-state index contributed by atoms with van der Waals surface area (Å²) in [6.07, 6.45) is 0.781. The summed E-state index contributed by atoms with van der Waals surface area (Å²) in [5.74, 6) is 0.821. The second kappa shape index (κ2) is 15.0. The van der Waals surface area contributed by atoms with Crippen LogP contribution in [-0.2, 0) is 22.7 Å². The molecule has 0 saturated carbocycles. The lowest BCUT2D eigenvalue weighted by Crippen LogP contribution is -2.09. The second-order valence-corrected chi connectivity index (χ2v) is 10.00. The van der Waals surface area contributed by atoms with Gasteiger partial charge in [0.25, 0.3) is 0 Å². The molecule has 222 valence electrons. The van der Waals surface area contributed by atoms with Gasteiger partial charge >= 0.3 is 5.97 Å². The number of esters is 1. The number of halogens is 2. The summed E-state index contributed by atoms with van der Waals surface area (Å²) in [5.41, 5.74) is 9.38. The predicted molar refractivity (Wildman–Crippen MR) is 165 cm³/mol. The SMILES string of the molecule is CCOC(=O)CCOc1cccc(-c2cccc(COc3cc(OCc4ccc(N=O)c(N)c4)c(C=O)cc3Cl)c2Cl)c1. The third kappa shape index (κ3) is 8.24. The molecule has 0 bridgehead atoms. The van der Waals surface area contributed by atoms with Crippen molar-refractivity contribution in [3.8, 4) is 28.4 Å². The average Bonchev–Trinajstić information content (AvgIpc) is 3.00. The molecule has 0 atom stereocenters. The van der Waals surface area contributed by atoms with Crippen LogP contribution in [0.4, 0.5) is 11.4 Å². The minimum atomic E-state index is -0.317. The zero-order valence-electron chi connectivity index (χ0n) is 23.2. The fourth-order valence-corrected chi connectivity index (χ4v) is 4.64. The molecule has 0 aliphatic rings. The van der Waals surface area contributed by atoms with Crippen LogP contribution in [0, 0.1) is 4.91 Å². The first-order valence-corrected chi connectivity index (χ1v) is 14.0. The topological polar surface area (TPSA) is 127 Å². The first-order chi connectivity index (χ1) is 20.8. The number of rotatable bonds is 14. The van der Waals surface area contributed by atoms with E-state index in [1.54, 1.807) is 25.1 Å². The Bertz CT molecular complexity index is 1630. The summed E-state index contributed by atoms with van der Waals surface area (Å²) in [5, 5.41) is 3.56. The van der Waals surface area contributed by atoms with Gasteiger partial charge in [-0.25, -0.2) is 0 Å². The molecule has 0 radical (unpaired) electrons. The Balaban J connectivity index is 1.47. The van der Waals surface area contributed by atoms with Crippen LogP contribution in [0.3, 0.4) is 0 Å². The van der Waals surface area contributed by atoms with E-state index in [0.29, 0.717) is 40.5 Å². The Labute approximate surface area is 258 Å². The Hall–Kier alpha value is -4.60. The van der Waals surface area contributed by atoms with Gasteiger partial charge in [-0.2, -0.15) is 0 Å². The highest BCUT2D eigenvalue weighted by Gasteiger charge is 2.15. The van der Waals surface area contributed by atoms with Crippen molar-refractivity contribution >= 4 is 46.8 Å². The Morgan fingerprint density at radius 1 is 0.930 bits per heavy atom. The molecule has 0 saturated heterocycles. The van der Waals surface area contributed by atoms with Gasteiger partial charge in [0, 0.05) is 17.2 Å². The van der Waals surface area contributed by atoms with Gasteiger partial charge in [-0.15, -0.1) is 4.91 Å². The van der Waals surface area contributed by atoms with Crippen LogP contribution in [-0.4, -0.2) is 25.5 Å². The smallest absolute Gasteiger partial charge is 0.309 e. The molecule has 0 unspecified atom stereocenters. The number of benzene rings is 4. The molecular weight excluding hydrogens is 595 g/mol. The molecule has 4 rings (SSSR count). The van der Waals surface area contributed by atoms with Gasteiger partial charge in [0.1, 0.15) is 36.1 Å². The van der Waals surface area contributed by atoms with E-state index in [1.807, 2.05) is 36.4 Å². The number of nitrogens with two attached hydrogens (primary N) is 1. The van der Waals surface area contributed by atoms with E-state index in [4.69, 9.17) is 47.9 Å². The second-order valence-electron chi connectivity index (χ2n) is 9.21. The van der Waals surface area contributed by atoms with Crippen molar-refractivity contribution in [2.75, 3.05) is 18.9 Å². The molecule has 0 fully saturated rings. The van der Waals surface area contributed by atoms with Crippen LogP contribution < -0.4 is 19.9 Å². The molecule has 0 aliphatic carbocycles. The first-order valence-electron chi connectivity index (χ1n) is 13.2. The standard InChI is InChI=1S/C32H28Cl2N2O7/c1-2-40-31(38)11-12-41-24-7-3-5-21(14-24)25-8-4-6-22(32(25)34)19-43-30-16-29(23(17-37)15-26(30)33)42-18-20-9-10-28(36-39)27(35)13-20/h3-10,13-17H,2,11-12,18-19,35H2,1H3. The minimum absolute atomic E-state index is 0.0741. The van der Waals surface area contributed by atoms with Gasteiger partial charge in [0.2, 0.25) is 0 Å². The third-order valence-corrected chi connectivity index (χ3v) is 7.00. The van der Waals surface area contributed by atoms with Crippen molar-refractivity contribution in [1.82, 2.24) is 0 Å². The van der Waals surface area contributed by atoms with Crippen LogP contribution in [0.25, 0.3) is 11.1 Å². The van der Waals surface area contributed by atoms with Crippen molar-refractivity contribution in [2.24, 2.45) is 5.18 Å². The number of hydrogen-bond acceptors (Lipinski definition) is 9. The molecule has 11 heteroatoms. The molecule has 0 amide bonds. The van der Waals surface area contributed by atoms with Gasteiger partial charge in [-0.1, -0.05) is 59.6 Å². The van der Waals surface area contributed by atoms with Crippen molar-refractivity contribution in [3.05, 3.63) is 104 Å². The molecule has 4 aromatic rings. The highest BCUT2D eigenvalue weighted by Crippen LogP contribution is 2.36. The monoisotopic (exact) mass is 622 g/mol. The van der Waals surface area contributed by atoms with Crippen LogP contribution in [0.2, 0.25) is 10.0 Å². The van der Waals surface area contributed by atoms with Gasteiger partial charge < -0.3 is 24.7 Å². The number of carbonyl (C=O) groups excluding carboxylic acids is 2. The third-order valence-electron chi connectivity index (χ3n) is 6.26. The van der Waals surface area contributed by atoms with Gasteiger partial charge in [0.05, 0.1) is 40.9 Å². The largest absolute Gasteiger partial charge is 0.493 e. The summed E-state index contributed by atoms with van der Waals surface area (Å²) in [7, 11) is 0. The maximum absolute atomic E-state index is 11.7. The maximum atomic E-state index is 11.7. The molecule has 0 heterocycles. The Morgan fingerprint density at radius 3 is 2.47 bits per heavy atom. The summed E-state index contributed by atoms with van der Waals surface area (Å²) >= 11 is 13.2. The summed E-state index contributed by atoms with van der Waals surface area (Å²) in [6.45, 7) is 2.43. The minimum Gasteiger partial charge on any atom is -0.493 e. The molecular formula is C32H28Cl2N2O7. The quantitative estimate of drug-likeness (QED) is 0.0649. The van der Waals surface area contributed by atoms with E-state index in [9.17, 15) is 14.5 Å². The predicted octanol–water partition coefficient (Wildman–Crippen LogP) is 7.94. The number of nitrogens with zero attached hydrogens (tertiary/aromatic N) is 1. The molecule has 0 aliphatic heterocycles. The maximum Gasteiger partial charge on any atom is 0.309 e. The van der Waals surface area contributed by atoms with E-state index in [0.717, 1.165) is 11.1 Å². The number of nitrogen functional groups attached to an aromatic ring is 1. The lowest BCUT2D eigenvalue weighted by molar-refractivity contribution is -0.143. The van der Waals surface area contributed by atoms with E-state index < -0.39 is 0 Å². The van der Waals surface area contributed by atoms with Gasteiger partial charge in [-0.3, -0.25) is 9.59 Å². The van der Waals surface area contributed by atoms with E-state index in [-0.39, 0.29) is 59.9 Å². The highest BCUT2D eigenvalue weighted by molar-refractivity contribution is 6.34. The van der Waals surface area contributed by atoms with Crippen LogP contribution in [0.15, 0.2) is 78.0 Å². The number of carbonyl (C=O) groups is 2. The summed E-state index contributed by atoms with van der Waals surface area (Å²) in [6, 6.07) is 20.7. The molecule has 9 nitrogen and oxygen atoms in total. The van der Waals surface area contributed by atoms with Crippen LogP contribution >= 0.6 is 23.2 Å². The number of hydrogen-bond donors (Lipinski definition) is 1. The highest BCUT2D eigenvalue weighted by atomic mass is 35.5. The van der Waals surface area contributed by atoms with Crippen LogP contribution in [0.5, 0.6) is 17.2 Å². The fourth-order valence-electron chi connectivity index (χ4n) is 4.12. The lowest BCUT2D eigenvalue weighted by atomic mass is 10.0. The zero-order chi connectivity index (χ0) is 30.8. The van der Waals surface area contributed by atoms with Gasteiger partial charge in [-0.05, 0) is 53.6 Å². The number of aldehydes is 1. The molecule has 4 aromatic carbocycles. The lowest BCUT2D eigenvalue weighted by Gasteiger charge is -2.15. The van der Waals surface area contributed by atoms with E-state index >= 15 is 0 Å². The van der Waals surface area contributed by atoms with Crippen molar-refractivity contribution < 1.29 is 28.5 Å². The molecule has 2 N–H and O–H groups in total. The molecule has 43 heavy (non-hydrogen) atoms. The first kappa shape index (κ1) is 31.3. The van der Waals surface area contributed by atoms with Gasteiger partial charge in [0.15, 0.2) is 6.29 Å². The zero-order valence-corrected chi connectivity index (χ0v) is 24.7. The normalized spacial score (nSPS) is 10.6. The van der Waals surface area contributed by atoms with E-state index in [2.05, 4.69) is 5.18 Å². The summed E-state index contributed by atoms with van der Waals surface area (Å²) in [4.78, 5) is 34.0. The molecule has 0 spiro atoms. The number of anilines is 1.